The van der Waals surface area contributed by atoms with E-state index in [1.165, 1.54) is 17.0 Å². The maximum absolute atomic E-state index is 13.2. The zero-order valence-corrected chi connectivity index (χ0v) is 17.3. The predicted octanol–water partition coefficient (Wildman–Crippen LogP) is 4.80. The Labute approximate surface area is 174 Å². The molecule has 1 aliphatic heterocycles. The van der Waals surface area contributed by atoms with Crippen LogP contribution in [0.4, 0.5) is 14.9 Å². The topological polar surface area (TPSA) is 35.6 Å². The average Bonchev–Trinajstić information content (AvgIpc) is 3.09. The van der Waals surface area contributed by atoms with E-state index < -0.39 is 0 Å². The van der Waals surface area contributed by atoms with Gasteiger partial charge in [-0.15, -0.1) is 12.4 Å². The molecule has 1 N–H and O–H groups in total. The molecule has 146 valence electrons. The van der Waals surface area contributed by atoms with Crippen molar-refractivity contribution in [2.75, 3.05) is 32.1 Å². The van der Waals surface area contributed by atoms with E-state index in [1.54, 1.807) is 49.3 Å². The average molecular weight is 433 g/mol. The van der Waals surface area contributed by atoms with Crippen LogP contribution in [0.15, 0.2) is 42.5 Å². The van der Waals surface area contributed by atoms with Crippen LogP contribution in [-0.4, -0.2) is 44.2 Å². The van der Waals surface area contributed by atoms with Gasteiger partial charge in [0.05, 0.1) is 6.04 Å². The van der Waals surface area contributed by atoms with Crippen LogP contribution in [-0.2, 0) is 0 Å². The SMILES string of the molecule is CN(C(=O)N(C)[C@@H]1CNC[C@H]1c1ccc(F)cc1)c1cc(Cl)cc(Cl)c1.Cl. The van der Waals surface area contributed by atoms with Crippen LogP contribution in [0.1, 0.15) is 11.5 Å². The third-order valence-electron chi connectivity index (χ3n) is 4.80. The second-order valence-corrected chi connectivity index (χ2v) is 7.34. The number of nitrogens with one attached hydrogen (secondary N) is 1. The highest BCUT2D eigenvalue weighted by Crippen LogP contribution is 2.29. The minimum atomic E-state index is -0.266. The molecule has 1 heterocycles. The molecule has 2 aromatic carbocycles. The number of carbonyl (C=O) groups excluding carboxylic acids is 1. The molecule has 0 spiro atoms. The molecule has 27 heavy (non-hydrogen) atoms. The Kier molecular flexibility index (Phi) is 7.34. The molecule has 0 radical (unpaired) electrons. The van der Waals surface area contributed by atoms with E-state index in [0.717, 1.165) is 12.1 Å². The number of benzene rings is 2. The predicted molar refractivity (Wildman–Crippen MR) is 111 cm³/mol. The zero-order valence-electron chi connectivity index (χ0n) is 15.0. The molecule has 1 saturated heterocycles. The van der Waals surface area contributed by atoms with Crippen molar-refractivity contribution in [2.24, 2.45) is 0 Å². The van der Waals surface area contributed by atoms with Crippen LogP contribution in [0, 0.1) is 5.82 Å². The summed E-state index contributed by atoms with van der Waals surface area (Å²) in [5, 5.41) is 4.27. The number of hydrogen-bond donors (Lipinski definition) is 1. The van der Waals surface area contributed by atoms with Gasteiger partial charge in [-0.25, -0.2) is 9.18 Å². The maximum atomic E-state index is 13.2. The molecule has 0 saturated carbocycles. The van der Waals surface area contributed by atoms with Crippen LogP contribution < -0.4 is 10.2 Å². The van der Waals surface area contributed by atoms with Gasteiger partial charge in [0.15, 0.2) is 0 Å². The molecular weight excluding hydrogens is 412 g/mol. The Morgan fingerprint density at radius 3 is 2.26 bits per heavy atom. The molecule has 1 fully saturated rings. The van der Waals surface area contributed by atoms with Crippen LogP contribution in [0.5, 0.6) is 0 Å². The number of nitrogens with zero attached hydrogens (tertiary/aromatic N) is 2. The number of rotatable bonds is 3. The summed E-state index contributed by atoms with van der Waals surface area (Å²) in [4.78, 5) is 16.2. The van der Waals surface area contributed by atoms with Gasteiger partial charge in [0.2, 0.25) is 0 Å². The summed E-state index contributed by atoms with van der Waals surface area (Å²) in [5.74, 6) is -0.167. The molecular formula is C19H21Cl3FN3O. The molecule has 3 rings (SSSR count). The summed E-state index contributed by atoms with van der Waals surface area (Å²) in [6, 6.07) is 11.3. The molecule has 0 unspecified atom stereocenters. The van der Waals surface area contributed by atoms with Gasteiger partial charge in [-0.3, -0.25) is 4.90 Å². The Morgan fingerprint density at radius 1 is 1.07 bits per heavy atom. The van der Waals surface area contributed by atoms with Gasteiger partial charge in [0, 0.05) is 48.8 Å². The maximum Gasteiger partial charge on any atom is 0.324 e. The first-order valence-corrected chi connectivity index (χ1v) is 9.05. The van der Waals surface area contributed by atoms with E-state index in [9.17, 15) is 9.18 Å². The first kappa shape index (κ1) is 21.8. The number of anilines is 1. The largest absolute Gasteiger partial charge is 0.324 e. The van der Waals surface area contributed by atoms with E-state index in [0.29, 0.717) is 22.3 Å². The molecule has 2 atom stereocenters. The first-order chi connectivity index (χ1) is 12.4. The van der Waals surface area contributed by atoms with Crippen LogP contribution >= 0.6 is 35.6 Å². The van der Waals surface area contributed by atoms with Gasteiger partial charge in [0.25, 0.3) is 0 Å². The van der Waals surface area contributed by atoms with E-state index >= 15 is 0 Å². The quantitative estimate of drug-likeness (QED) is 0.756. The molecule has 2 aromatic rings. The summed E-state index contributed by atoms with van der Waals surface area (Å²) < 4.78 is 13.2. The van der Waals surface area contributed by atoms with Crippen LogP contribution in [0.2, 0.25) is 10.0 Å². The van der Waals surface area contributed by atoms with E-state index in [4.69, 9.17) is 23.2 Å². The third kappa shape index (κ3) is 4.85. The van der Waals surface area contributed by atoms with Crippen molar-refractivity contribution in [2.45, 2.75) is 12.0 Å². The summed E-state index contributed by atoms with van der Waals surface area (Å²) in [6.07, 6.45) is 0. The van der Waals surface area contributed by atoms with Crippen molar-refractivity contribution in [1.29, 1.82) is 0 Å². The van der Waals surface area contributed by atoms with E-state index in [2.05, 4.69) is 5.32 Å². The van der Waals surface area contributed by atoms with Crippen molar-refractivity contribution < 1.29 is 9.18 Å². The number of urea groups is 1. The van der Waals surface area contributed by atoms with E-state index in [-0.39, 0.29) is 36.2 Å². The molecule has 0 aliphatic carbocycles. The zero-order chi connectivity index (χ0) is 18.8. The lowest BCUT2D eigenvalue weighted by molar-refractivity contribution is 0.197. The number of likely N-dealkylation sites (N-methyl/N-ethyl adjacent to an activating group) is 1. The van der Waals surface area contributed by atoms with Gasteiger partial charge in [0.1, 0.15) is 5.82 Å². The fourth-order valence-corrected chi connectivity index (χ4v) is 3.86. The van der Waals surface area contributed by atoms with Gasteiger partial charge < -0.3 is 10.2 Å². The number of amides is 2. The fourth-order valence-electron chi connectivity index (χ4n) is 3.34. The Bertz CT molecular complexity index is 783. The van der Waals surface area contributed by atoms with Gasteiger partial charge in [-0.05, 0) is 35.9 Å². The van der Waals surface area contributed by atoms with Crippen molar-refractivity contribution in [3.8, 4) is 0 Å². The standard InChI is InChI=1S/C19H20Cl2FN3O.ClH/c1-24(16-8-13(20)7-14(21)9-16)19(26)25(2)18-11-23-10-17(18)12-3-5-15(22)6-4-12;/h3-9,17-18,23H,10-11H2,1-2H3;1H/t17-,18+;/m0./s1. The number of halogens is 4. The molecule has 2 amide bonds. The van der Waals surface area contributed by atoms with E-state index in [1.807, 2.05) is 0 Å². The highest BCUT2D eigenvalue weighted by Gasteiger charge is 2.35. The molecule has 1 aliphatic rings. The summed E-state index contributed by atoms with van der Waals surface area (Å²) in [5.41, 5.74) is 1.64. The Balaban J connectivity index is 0.00000261. The Hall–Kier alpha value is -1.53. The lowest BCUT2D eigenvalue weighted by Crippen LogP contribution is -2.47. The second kappa shape index (κ2) is 9.11. The lowest BCUT2D eigenvalue weighted by atomic mass is 9.93. The monoisotopic (exact) mass is 431 g/mol. The van der Waals surface area contributed by atoms with Gasteiger partial charge in [-0.2, -0.15) is 0 Å². The van der Waals surface area contributed by atoms with Crippen molar-refractivity contribution in [1.82, 2.24) is 10.2 Å². The summed E-state index contributed by atoms with van der Waals surface area (Å²) in [6.45, 7) is 1.41. The molecule has 4 nitrogen and oxygen atoms in total. The summed E-state index contributed by atoms with van der Waals surface area (Å²) in [7, 11) is 3.47. The normalized spacial score (nSPS) is 18.7. The molecule has 0 aromatic heterocycles. The third-order valence-corrected chi connectivity index (χ3v) is 5.24. The summed E-state index contributed by atoms with van der Waals surface area (Å²) >= 11 is 12.1. The van der Waals surface area contributed by atoms with Crippen LogP contribution in [0.25, 0.3) is 0 Å². The fraction of sp³-hybridized carbons (Fsp3) is 0.316. The number of hydrogen-bond acceptors (Lipinski definition) is 2. The van der Waals surface area contributed by atoms with Crippen molar-refractivity contribution in [3.05, 3.63) is 63.9 Å². The Morgan fingerprint density at radius 2 is 1.67 bits per heavy atom. The minimum Gasteiger partial charge on any atom is -0.322 e. The smallest absolute Gasteiger partial charge is 0.322 e. The number of carbonyl (C=O) groups is 1. The lowest BCUT2D eigenvalue weighted by Gasteiger charge is -2.32. The van der Waals surface area contributed by atoms with Crippen molar-refractivity contribution >= 4 is 47.3 Å². The molecule has 0 bridgehead atoms. The molecule has 8 heteroatoms. The van der Waals surface area contributed by atoms with Crippen molar-refractivity contribution in [3.63, 3.8) is 0 Å². The van der Waals surface area contributed by atoms with Gasteiger partial charge >= 0.3 is 6.03 Å². The highest BCUT2D eigenvalue weighted by molar-refractivity contribution is 6.35. The first-order valence-electron chi connectivity index (χ1n) is 8.29. The highest BCUT2D eigenvalue weighted by atomic mass is 35.5. The van der Waals surface area contributed by atoms with Gasteiger partial charge in [-0.1, -0.05) is 35.3 Å². The van der Waals surface area contributed by atoms with Crippen LogP contribution in [0.3, 0.4) is 0 Å². The minimum absolute atomic E-state index is 0. The second-order valence-electron chi connectivity index (χ2n) is 6.46.